The number of halogens is 1. The van der Waals surface area contributed by atoms with Gasteiger partial charge in [-0.2, -0.15) is 0 Å². The monoisotopic (exact) mass is 218 g/mol. The fraction of sp³-hybridized carbons (Fsp3) is 0.500. The van der Waals surface area contributed by atoms with E-state index in [1.165, 1.54) is 0 Å². The Hall–Kier alpha value is -1.07. The minimum absolute atomic E-state index is 0.0536. The van der Waals surface area contributed by atoms with E-state index in [9.17, 15) is 14.7 Å². The van der Waals surface area contributed by atoms with Gasteiger partial charge in [-0.15, -0.1) is 11.6 Å². The van der Waals surface area contributed by atoms with Gasteiger partial charge in [0.1, 0.15) is 0 Å². The molecule has 0 spiro atoms. The molecular weight excluding hydrogens is 208 g/mol. The van der Waals surface area contributed by atoms with Crippen LogP contribution in [-0.2, 0) is 6.42 Å². The maximum atomic E-state index is 11.3. The largest absolute Gasteiger partial charge is 0.392 e. The summed E-state index contributed by atoms with van der Waals surface area (Å²) in [5.74, 6) is 0.0536. The number of alkyl halides is 1. The predicted octanol–water partition coefficient (Wildman–Crippen LogP) is -0.486. The first-order valence-electron chi connectivity index (χ1n) is 4.10. The van der Waals surface area contributed by atoms with Crippen LogP contribution in [0.2, 0.25) is 0 Å². The second-order valence-corrected chi connectivity index (χ2v) is 3.33. The van der Waals surface area contributed by atoms with Crippen molar-refractivity contribution in [2.24, 2.45) is 0 Å². The molecule has 0 saturated heterocycles. The van der Waals surface area contributed by atoms with Gasteiger partial charge in [0.15, 0.2) is 0 Å². The number of nitrogens with one attached hydrogen (secondary N) is 2. The van der Waals surface area contributed by atoms with Crippen LogP contribution < -0.4 is 11.2 Å². The van der Waals surface area contributed by atoms with Crippen LogP contribution in [0.4, 0.5) is 0 Å². The van der Waals surface area contributed by atoms with Crippen molar-refractivity contribution in [1.29, 1.82) is 0 Å². The maximum Gasteiger partial charge on any atom is 0.325 e. The number of aliphatic hydroxyl groups excluding tert-OH is 1. The second kappa shape index (κ2) is 4.43. The molecule has 5 nitrogen and oxygen atoms in total. The number of aromatic nitrogens is 2. The molecule has 0 aliphatic carbocycles. The molecule has 1 aromatic heterocycles. The minimum Gasteiger partial charge on any atom is -0.392 e. The number of H-pyrrole nitrogens is 2. The van der Waals surface area contributed by atoms with Crippen LogP contribution in [0, 0.1) is 6.92 Å². The molecule has 0 amide bonds. The molecule has 1 heterocycles. The Morgan fingerprint density at radius 3 is 2.57 bits per heavy atom. The summed E-state index contributed by atoms with van der Waals surface area (Å²) in [6.07, 6.45) is -0.635. The third-order valence-electron chi connectivity index (χ3n) is 1.87. The summed E-state index contributed by atoms with van der Waals surface area (Å²) >= 11 is 5.40. The summed E-state index contributed by atoms with van der Waals surface area (Å²) in [7, 11) is 0. The van der Waals surface area contributed by atoms with Crippen LogP contribution in [0.25, 0.3) is 0 Å². The highest BCUT2D eigenvalue weighted by molar-refractivity contribution is 6.18. The van der Waals surface area contributed by atoms with Crippen molar-refractivity contribution in [1.82, 2.24) is 9.97 Å². The molecule has 6 heteroatoms. The Labute approximate surface area is 84.8 Å². The highest BCUT2D eigenvalue weighted by atomic mass is 35.5. The second-order valence-electron chi connectivity index (χ2n) is 3.02. The summed E-state index contributed by atoms with van der Waals surface area (Å²) in [5.41, 5.74) is -0.201. The summed E-state index contributed by atoms with van der Waals surface area (Å²) in [4.78, 5) is 26.6. The lowest BCUT2D eigenvalue weighted by atomic mass is 10.1. The Morgan fingerprint density at radius 1 is 1.43 bits per heavy atom. The third kappa shape index (κ3) is 2.46. The van der Waals surface area contributed by atoms with Crippen LogP contribution >= 0.6 is 11.6 Å². The number of aliphatic hydroxyl groups is 1. The van der Waals surface area contributed by atoms with Crippen molar-refractivity contribution >= 4 is 11.6 Å². The topological polar surface area (TPSA) is 86.0 Å². The standard InChI is InChI=1S/C8H11ClN2O3/c1-4-6(2-5(12)3-9)7(13)11-8(14)10-4/h5,12H,2-3H2,1H3,(H2,10,11,13,14). The smallest absolute Gasteiger partial charge is 0.325 e. The summed E-state index contributed by atoms with van der Waals surface area (Å²) in [6.45, 7) is 1.60. The predicted molar refractivity (Wildman–Crippen MR) is 52.9 cm³/mol. The highest BCUT2D eigenvalue weighted by Crippen LogP contribution is 2.01. The summed E-state index contributed by atoms with van der Waals surface area (Å²) < 4.78 is 0. The first kappa shape index (κ1) is 11.0. The van der Waals surface area contributed by atoms with E-state index >= 15 is 0 Å². The molecule has 1 rings (SSSR count). The lowest BCUT2D eigenvalue weighted by molar-refractivity contribution is 0.198. The molecule has 78 valence electrons. The first-order chi connectivity index (χ1) is 6.54. The van der Waals surface area contributed by atoms with Gasteiger partial charge in [0, 0.05) is 23.6 Å². The van der Waals surface area contributed by atoms with Crippen LogP contribution in [-0.4, -0.2) is 27.1 Å². The van der Waals surface area contributed by atoms with E-state index in [1.807, 2.05) is 0 Å². The molecule has 0 saturated carbocycles. The Kier molecular flexibility index (Phi) is 3.49. The van der Waals surface area contributed by atoms with Crippen molar-refractivity contribution in [3.63, 3.8) is 0 Å². The fourth-order valence-corrected chi connectivity index (χ4v) is 1.27. The SMILES string of the molecule is Cc1[nH]c(=O)[nH]c(=O)c1CC(O)CCl. The van der Waals surface area contributed by atoms with Crippen LogP contribution in [0.15, 0.2) is 9.59 Å². The first-order valence-corrected chi connectivity index (χ1v) is 4.64. The quantitative estimate of drug-likeness (QED) is 0.599. The van der Waals surface area contributed by atoms with Gasteiger partial charge in [-0.05, 0) is 6.92 Å². The average molecular weight is 219 g/mol. The van der Waals surface area contributed by atoms with Crippen molar-refractivity contribution in [3.8, 4) is 0 Å². The molecule has 1 atom stereocenters. The van der Waals surface area contributed by atoms with Crippen LogP contribution in [0.5, 0.6) is 0 Å². The van der Waals surface area contributed by atoms with E-state index in [0.29, 0.717) is 11.3 Å². The molecular formula is C8H11ClN2O3. The van der Waals surface area contributed by atoms with Gasteiger partial charge in [0.25, 0.3) is 5.56 Å². The Bertz CT molecular complexity index is 423. The Morgan fingerprint density at radius 2 is 2.07 bits per heavy atom. The Balaban J connectivity index is 3.09. The summed E-state index contributed by atoms with van der Waals surface area (Å²) in [5, 5.41) is 9.25. The highest BCUT2D eigenvalue weighted by Gasteiger charge is 2.10. The van der Waals surface area contributed by atoms with Crippen molar-refractivity contribution in [3.05, 3.63) is 32.1 Å². The molecule has 1 unspecified atom stereocenters. The van der Waals surface area contributed by atoms with E-state index in [1.54, 1.807) is 6.92 Å². The van der Waals surface area contributed by atoms with Gasteiger partial charge in [-0.1, -0.05) is 0 Å². The number of aryl methyl sites for hydroxylation is 1. The maximum absolute atomic E-state index is 11.3. The van der Waals surface area contributed by atoms with Crippen molar-refractivity contribution in [2.75, 3.05) is 5.88 Å². The number of aromatic amines is 2. The van der Waals surface area contributed by atoms with E-state index < -0.39 is 17.4 Å². The molecule has 0 fully saturated rings. The van der Waals surface area contributed by atoms with Crippen LogP contribution in [0.1, 0.15) is 11.3 Å². The van der Waals surface area contributed by atoms with Gasteiger partial charge in [0.05, 0.1) is 6.10 Å². The molecule has 3 N–H and O–H groups in total. The lowest BCUT2D eigenvalue weighted by Crippen LogP contribution is -2.29. The molecule has 0 bridgehead atoms. The lowest BCUT2D eigenvalue weighted by Gasteiger charge is -2.07. The minimum atomic E-state index is -0.776. The van der Waals surface area contributed by atoms with Crippen molar-refractivity contribution in [2.45, 2.75) is 19.4 Å². The van der Waals surface area contributed by atoms with Crippen molar-refractivity contribution < 1.29 is 5.11 Å². The van der Waals surface area contributed by atoms with E-state index in [4.69, 9.17) is 11.6 Å². The van der Waals surface area contributed by atoms with E-state index in [2.05, 4.69) is 9.97 Å². The molecule has 0 aliphatic rings. The van der Waals surface area contributed by atoms with Gasteiger partial charge in [-0.3, -0.25) is 9.78 Å². The molecule has 1 aromatic rings. The fourth-order valence-electron chi connectivity index (χ4n) is 1.16. The van der Waals surface area contributed by atoms with Gasteiger partial charge in [-0.25, -0.2) is 4.79 Å². The molecule has 14 heavy (non-hydrogen) atoms. The zero-order chi connectivity index (χ0) is 10.7. The van der Waals surface area contributed by atoms with Gasteiger partial charge in [0.2, 0.25) is 0 Å². The number of hydrogen-bond donors (Lipinski definition) is 3. The van der Waals surface area contributed by atoms with Gasteiger partial charge >= 0.3 is 5.69 Å². The third-order valence-corrected chi connectivity index (χ3v) is 2.23. The molecule has 0 aromatic carbocycles. The zero-order valence-corrected chi connectivity index (χ0v) is 8.39. The van der Waals surface area contributed by atoms with E-state index in [-0.39, 0.29) is 12.3 Å². The summed E-state index contributed by atoms with van der Waals surface area (Å²) in [6, 6.07) is 0. The van der Waals surface area contributed by atoms with Gasteiger partial charge < -0.3 is 10.1 Å². The average Bonchev–Trinajstić information content (AvgIpc) is 2.10. The normalized spacial score (nSPS) is 12.8. The number of rotatable bonds is 3. The van der Waals surface area contributed by atoms with E-state index in [0.717, 1.165) is 0 Å². The molecule has 0 aliphatic heterocycles. The van der Waals surface area contributed by atoms with Crippen LogP contribution in [0.3, 0.4) is 0 Å². The zero-order valence-electron chi connectivity index (χ0n) is 7.63. The molecule has 0 radical (unpaired) electrons. The number of hydrogen-bond acceptors (Lipinski definition) is 3.